The van der Waals surface area contributed by atoms with E-state index in [1.807, 2.05) is 0 Å². The van der Waals surface area contributed by atoms with Gasteiger partial charge in [-0.3, -0.25) is 0 Å². The molecule has 3 nitrogen and oxygen atoms in total. The maximum absolute atomic E-state index is 12.3. The molecule has 0 aliphatic heterocycles. The minimum Gasteiger partial charge on any atom is -0.504 e. The van der Waals surface area contributed by atoms with Crippen molar-refractivity contribution in [2.24, 2.45) is 0 Å². The average Bonchev–Trinajstić information content (AvgIpc) is 1.82. The highest BCUT2D eigenvalue weighted by Crippen LogP contribution is 2.31. The summed E-state index contributed by atoms with van der Waals surface area (Å²) in [4.78, 5) is 0. The second kappa shape index (κ2) is 2.06. The lowest BCUT2D eigenvalue weighted by molar-refractivity contribution is 0.402. The van der Waals surface area contributed by atoms with Crippen molar-refractivity contribution in [1.29, 1.82) is 0 Å². The van der Waals surface area contributed by atoms with Gasteiger partial charge in [0.05, 0.1) is 5.69 Å². The van der Waals surface area contributed by atoms with Gasteiger partial charge in [0.25, 0.3) is 0 Å². The molecule has 0 saturated heterocycles. The van der Waals surface area contributed by atoms with Gasteiger partial charge in [-0.05, 0) is 0 Å². The van der Waals surface area contributed by atoms with Crippen molar-refractivity contribution in [2.75, 3.05) is 5.73 Å². The topological polar surface area (TPSA) is 66.5 Å². The fraction of sp³-hybridized carbons (Fsp3) is 0. The molecule has 0 aromatic heterocycles. The van der Waals surface area contributed by atoms with Crippen molar-refractivity contribution in [3.05, 3.63) is 17.9 Å². The third-order valence-corrected chi connectivity index (χ3v) is 1.08. The first kappa shape index (κ1) is 6.67. The number of nitrogen functional groups attached to an aromatic ring is 1. The molecular weight excluding hydrogens is 137 g/mol. The minimum atomic E-state index is -0.673. The van der Waals surface area contributed by atoms with Crippen molar-refractivity contribution in [2.45, 2.75) is 0 Å². The number of hydrogen-bond donors (Lipinski definition) is 3. The molecule has 0 atom stereocenters. The van der Waals surface area contributed by atoms with Gasteiger partial charge in [0.2, 0.25) is 0 Å². The van der Waals surface area contributed by atoms with E-state index in [1.54, 1.807) is 0 Å². The molecule has 0 spiro atoms. The van der Waals surface area contributed by atoms with E-state index < -0.39 is 17.3 Å². The third kappa shape index (κ3) is 0.953. The molecule has 4 N–H and O–H groups in total. The van der Waals surface area contributed by atoms with E-state index >= 15 is 0 Å². The number of anilines is 1. The molecule has 1 aromatic rings. The van der Waals surface area contributed by atoms with Gasteiger partial charge < -0.3 is 15.9 Å². The van der Waals surface area contributed by atoms with Gasteiger partial charge >= 0.3 is 0 Å². The number of halogens is 1. The van der Waals surface area contributed by atoms with Crippen molar-refractivity contribution < 1.29 is 14.6 Å². The van der Waals surface area contributed by atoms with Crippen molar-refractivity contribution in [1.82, 2.24) is 0 Å². The van der Waals surface area contributed by atoms with Gasteiger partial charge in [-0.15, -0.1) is 0 Å². The maximum atomic E-state index is 12.3. The zero-order chi connectivity index (χ0) is 7.72. The molecule has 0 radical (unpaired) electrons. The summed E-state index contributed by atoms with van der Waals surface area (Å²) < 4.78 is 12.3. The van der Waals surface area contributed by atoms with Gasteiger partial charge in [-0.1, -0.05) is 0 Å². The van der Waals surface area contributed by atoms with E-state index in [-0.39, 0.29) is 5.69 Å². The Balaban J connectivity index is 3.31. The van der Waals surface area contributed by atoms with E-state index in [0.29, 0.717) is 0 Å². The molecule has 0 amide bonds. The van der Waals surface area contributed by atoms with Crippen LogP contribution in [0.3, 0.4) is 0 Å². The number of phenolic OH excluding ortho intramolecular Hbond substituents is 2. The molecule has 0 bridgehead atoms. The number of nitrogens with two attached hydrogens (primary N) is 1. The smallest absolute Gasteiger partial charge is 0.181 e. The Morgan fingerprint density at radius 1 is 1.30 bits per heavy atom. The minimum absolute atomic E-state index is 0.169. The summed E-state index contributed by atoms with van der Waals surface area (Å²) in [5.74, 6) is -1.70. The lowest BCUT2D eigenvalue weighted by atomic mass is 10.3. The van der Waals surface area contributed by atoms with Crippen LogP contribution < -0.4 is 5.73 Å². The van der Waals surface area contributed by atoms with E-state index in [9.17, 15) is 4.39 Å². The lowest BCUT2D eigenvalue weighted by Gasteiger charge is -1.99. The van der Waals surface area contributed by atoms with Crippen LogP contribution in [-0.4, -0.2) is 10.2 Å². The zero-order valence-electron chi connectivity index (χ0n) is 5.00. The number of aromatic hydroxyl groups is 2. The van der Waals surface area contributed by atoms with Crippen LogP contribution in [0.2, 0.25) is 0 Å². The first-order valence-corrected chi connectivity index (χ1v) is 2.58. The summed E-state index contributed by atoms with van der Waals surface area (Å²) in [6, 6.07) is 1.71. The second-order valence-corrected chi connectivity index (χ2v) is 1.86. The van der Waals surface area contributed by atoms with Gasteiger partial charge in [0, 0.05) is 12.1 Å². The molecule has 0 saturated carbocycles. The van der Waals surface area contributed by atoms with E-state index in [1.165, 1.54) is 0 Å². The lowest BCUT2D eigenvalue weighted by Crippen LogP contribution is -1.86. The molecule has 0 unspecified atom stereocenters. The molecule has 0 heterocycles. The van der Waals surface area contributed by atoms with Gasteiger partial charge in [0.15, 0.2) is 11.5 Å². The SMILES string of the molecule is Nc1cc(F)cc(O)c1O. The summed E-state index contributed by atoms with van der Waals surface area (Å²) >= 11 is 0. The molecule has 4 heteroatoms. The molecule has 10 heavy (non-hydrogen) atoms. The highest BCUT2D eigenvalue weighted by molar-refractivity contribution is 5.58. The molecular formula is C6H6FNO2. The highest BCUT2D eigenvalue weighted by Gasteiger charge is 2.04. The van der Waals surface area contributed by atoms with Crippen LogP contribution in [0, 0.1) is 5.82 Å². The molecule has 0 aliphatic carbocycles. The fourth-order valence-electron chi connectivity index (χ4n) is 0.605. The van der Waals surface area contributed by atoms with Gasteiger partial charge in [-0.2, -0.15) is 0 Å². The maximum Gasteiger partial charge on any atom is 0.181 e. The van der Waals surface area contributed by atoms with E-state index in [0.717, 1.165) is 12.1 Å². The molecule has 1 aromatic carbocycles. The summed E-state index contributed by atoms with van der Waals surface area (Å²) in [7, 11) is 0. The highest BCUT2D eigenvalue weighted by atomic mass is 19.1. The van der Waals surface area contributed by atoms with Crippen LogP contribution in [0.4, 0.5) is 10.1 Å². The average molecular weight is 143 g/mol. The Morgan fingerprint density at radius 3 is 2.40 bits per heavy atom. The predicted octanol–water partition coefficient (Wildman–Crippen LogP) is 0.819. The molecule has 0 fully saturated rings. The van der Waals surface area contributed by atoms with Crippen molar-refractivity contribution >= 4 is 5.69 Å². The third-order valence-electron chi connectivity index (χ3n) is 1.08. The van der Waals surface area contributed by atoms with E-state index in [4.69, 9.17) is 15.9 Å². The molecule has 0 aliphatic rings. The number of rotatable bonds is 0. The first-order valence-electron chi connectivity index (χ1n) is 2.58. The van der Waals surface area contributed by atoms with Crippen LogP contribution in [0.25, 0.3) is 0 Å². The Hall–Kier alpha value is -1.45. The zero-order valence-corrected chi connectivity index (χ0v) is 5.00. The van der Waals surface area contributed by atoms with Crippen LogP contribution in [-0.2, 0) is 0 Å². The monoisotopic (exact) mass is 143 g/mol. The van der Waals surface area contributed by atoms with Crippen LogP contribution in [0.15, 0.2) is 12.1 Å². The summed E-state index contributed by atoms with van der Waals surface area (Å²) in [5, 5.41) is 17.5. The van der Waals surface area contributed by atoms with Gasteiger partial charge in [-0.25, -0.2) is 4.39 Å². The first-order chi connectivity index (χ1) is 4.61. The second-order valence-electron chi connectivity index (χ2n) is 1.86. The Morgan fingerprint density at radius 2 is 1.90 bits per heavy atom. The Labute approximate surface area is 56.5 Å². The Bertz CT molecular complexity index is 239. The van der Waals surface area contributed by atoms with Crippen molar-refractivity contribution in [3.8, 4) is 11.5 Å². The summed E-state index contributed by atoms with van der Waals surface area (Å²) in [5.41, 5.74) is 4.90. The van der Waals surface area contributed by atoms with Crippen LogP contribution >= 0.6 is 0 Å². The summed E-state index contributed by atoms with van der Waals surface area (Å²) in [6.45, 7) is 0. The normalized spacial score (nSPS) is 9.70. The quantitative estimate of drug-likeness (QED) is 0.372. The number of hydrogen-bond acceptors (Lipinski definition) is 3. The Kier molecular flexibility index (Phi) is 1.37. The fourth-order valence-corrected chi connectivity index (χ4v) is 0.605. The molecule has 1 rings (SSSR count). The van der Waals surface area contributed by atoms with Crippen LogP contribution in [0.1, 0.15) is 0 Å². The molecule has 54 valence electrons. The van der Waals surface area contributed by atoms with Crippen molar-refractivity contribution in [3.63, 3.8) is 0 Å². The predicted molar refractivity (Wildman–Crippen MR) is 34.1 cm³/mol. The van der Waals surface area contributed by atoms with Gasteiger partial charge in [0.1, 0.15) is 5.82 Å². The summed E-state index contributed by atoms with van der Waals surface area (Å²) in [6.07, 6.45) is 0. The largest absolute Gasteiger partial charge is 0.504 e. The number of benzene rings is 1. The van der Waals surface area contributed by atoms with E-state index in [2.05, 4.69) is 0 Å². The standard InChI is InChI=1S/C6H6FNO2/c7-3-1-4(8)6(10)5(9)2-3/h1-2,9-10H,8H2. The van der Waals surface area contributed by atoms with Crippen LogP contribution in [0.5, 0.6) is 11.5 Å². The number of phenols is 2.